The van der Waals surface area contributed by atoms with Crippen LogP contribution in [0.15, 0.2) is 30.3 Å². The van der Waals surface area contributed by atoms with Gasteiger partial charge < -0.3 is 26.4 Å². The minimum atomic E-state index is -1.17. The monoisotopic (exact) mass is 418 g/mol. The van der Waals surface area contributed by atoms with Gasteiger partial charge in [0.05, 0.1) is 6.04 Å². The van der Waals surface area contributed by atoms with E-state index in [1.54, 1.807) is 13.8 Å². The van der Waals surface area contributed by atoms with Crippen molar-refractivity contribution in [3.63, 3.8) is 0 Å². The van der Waals surface area contributed by atoms with Gasteiger partial charge in [-0.25, -0.2) is 0 Å². The number of aliphatic carboxylic acids is 1. The van der Waals surface area contributed by atoms with Gasteiger partial charge in [-0.05, 0) is 30.9 Å². The molecule has 0 aromatic heterocycles. The van der Waals surface area contributed by atoms with Crippen LogP contribution in [-0.4, -0.2) is 60.0 Å². The van der Waals surface area contributed by atoms with Crippen molar-refractivity contribution in [3.05, 3.63) is 35.9 Å². The Balaban J connectivity index is 2.11. The van der Waals surface area contributed by atoms with Crippen LogP contribution >= 0.6 is 0 Å². The average molecular weight is 418 g/mol. The maximum Gasteiger partial charge on any atom is 0.322 e. The largest absolute Gasteiger partial charge is 0.480 e. The Bertz CT molecular complexity index is 747. The zero-order valence-corrected chi connectivity index (χ0v) is 17.3. The minimum Gasteiger partial charge on any atom is -0.480 e. The van der Waals surface area contributed by atoms with E-state index in [0.717, 1.165) is 18.5 Å². The highest BCUT2D eigenvalue weighted by Crippen LogP contribution is 2.09. The van der Waals surface area contributed by atoms with Gasteiger partial charge in [-0.3, -0.25) is 19.2 Å². The van der Waals surface area contributed by atoms with Crippen molar-refractivity contribution in [2.45, 2.75) is 51.2 Å². The van der Waals surface area contributed by atoms with Crippen molar-refractivity contribution in [3.8, 4) is 0 Å². The van der Waals surface area contributed by atoms with Gasteiger partial charge in [-0.1, -0.05) is 44.2 Å². The molecular weight excluding hydrogens is 388 g/mol. The van der Waals surface area contributed by atoms with Crippen LogP contribution in [0, 0.1) is 5.92 Å². The lowest BCUT2D eigenvalue weighted by atomic mass is 10.0. The SMILES string of the molecule is CC(C)C(NC(=O)C(Cc1ccccc1)NC(=O)C1CCCN1)C(=O)NCC(=O)O. The van der Waals surface area contributed by atoms with Crippen LogP contribution in [0.1, 0.15) is 32.3 Å². The Morgan fingerprint density at radius 3 is 2.37 bits per heavy atom. The van der Waals surface area contributed by atoms with Gasteiger partial charge in [0.2, 0.25) is 17.7 Å². The van der Waals surface area contributed by atoms with Gasteiger partial charge in [0.1, 0.15) is 18.6 Å². The molecule has 9 heteroatoms. The van der Waals surface area contributed by atoms with Crippen molar-refractivity contribution >= 4 is 23.7 Å². The first-order valence-electron chi connectivity index (χ1n) is 10.2. The third kappa shape index (κ3) is 7.14. The van der Waals surface area contributed by atoms with Crippen molar-refractivity contribution < 1.29 is 24.3 Å². The highest BCUT2D eigenvalue weighted by Gasteiger charge is 2.31. The summed E-state index contributed by atoms with van der Waals surface area (Å²) in [6.07, 6.45) is 1.87. The minimum absolute atomic E-state index is 0.250. The Morgan fingerprint density at radius 2 is 1.80 bits per heavy atom. The summed E-state index contributed by atoms with van der Waals surface area (Å²) in [4.78, 5) is 48.7. The molecule has 9 nitrogen and oxygen atoms in total. The maximum absolute atomic E-state index is 13.0. The first-order valence-corrected chi connectivity index (χ1v) is 10.2. The zero-order chi connectivity index (χ0) is 22.1. The third-order valence-electron chi connectivity index (χ3n) is 4.95. The molecule has 1 saturated heterocycles. The molecule has 1 aromatic rings. The van der Waals surface area contributed by atoms with E-state index in [9.17, 15) is 19.2 Å². The number of carbonyl (C=O) groups is 4. The standard InChI is InChI=1S/C21H30N4O5/c1-13(2)18(21(30)23-12-17(26)27)25-20(29)16(11-14-7-4-3-5-8-14)24-19(28)15-9-6-10-22-15/h3-5,7-8,13,15-16,18,22H,6,9-12H2,1-2H3,(H,23,30)(H,24,28)(H,25,29)(H,26,27). The fourth-order valence-electron chi connectivity index (χ4n) is 3.30. The number of hydrogen-bond donors (Lipinski definition) is 5. The summed E-state index contributed by atoms with van der Waals surface area (Å²) < 4.78 is 0. The van der Waals surface area contributed by atoms with Crippen LogP contribution in [0.4, 0.5) is 0 Å². The summed E-state index contributed by atoms with van der Waals surface area (Å²) in [7, 11) is 0. The molecule has 1 heterocycles. The highest BCUT2D eigenvalue weighted by atomic mass is 16.4. The van der Waals surface area contributed by atoms with E-state index >= 15 is 0 Å². The molecule has 0 spiro atoms. The fourth-order valence-corrected chi connectivity index (χ4v) is 3.30. The number of nitrogens with one attached hydrogen (secondary N) is 4. The lowest BCUT2D eigenvalue weighted by Gasteiger charge is -2.26. The van der Waals surface area contributed by atoms with Gasteiger partial charge in [0.15, 0.2) is 0 Å². The van der Waals surface area contributed by atoms with Gasteiger partial charge in [0.25, 0.3) is 0 Å². The second kappa shape index (κ2) is 11.3. The second-order valence-electron chi connectivity index (χ2n) is 7.74. The molecule has 164 valence electrons. The summed E-state index contributed by atoms with van der Waals surface area (Å²) in [5, 5.41) is 19.6. The molecule has 0 aliphatic carbocycles. The maximum atomic E-state index is 13.0. The smallest absolute Gasteiger partial charge is 0.322 e. The number of carboxylic acids is 1. The second-order valence-corrected chi connectivity index (χ2v) is 7.74. The summed E-state index contributed by atoms with van der Waals surface area (Å²) >= 11 is 0. The van der Waals surface area contributed by atoms with Crippen molar-refractivity contribution in [1.82, 2.24) is 21.3 Å². The van der Waals surface area contributed by atoms with E-state index in [1.165, 1.54) is 0 Å². The predicted octanol–water partition coefficient (Wildman–Crippen LogP) is -0.192. The molecule has 1 fully saturated rings. The van der Waals surface area contributed by atoms with Crippen molar-refractivity contribution in [2.24, 2.45) is 5.92 Å². The molecule has 0 bridgehead atoms. The molecule has 3 amide bonds. The Hall–Kier alpha value is -2.94. The number of carbonyl (C=O) groups excluding carboxylic acids is 3. The molecule has 5 N–H and O–H groups in total. The first-order chi connectivity index (χ1) is 14.3. The van der Waals surface area contributed by atoms with Gasteiger partial charge in [-0.2, -0.15) is 0 Å². The van der Waals surface area contributed by atoms with Gasteiger partial charge in [-0.15, -0.1) is 0 Å². The number of benzene rings is 1. The third-order valence-corrected chi connectivity index (χ3v) is 4.95. The molecule has 30 heavy (non-hydrogen) atoms. The molecule has 1 aromatic carbocycles. The molecule has 1 aliphatic rings. The predicted molar refractivity (Wildman–Crippen MR) is 111 cm³/mol. The molecule has 3 atom stereocenters. The normalized spacial score (nSPS) is 17.8. The molecule has 0 radical (unpaired) electrons. The summed E-state index contributed by atoms with van der Waals surface area (Å²) in [5.41, 5.74) is 0.869. The zero-order valence-electron chi connectivity index (χ0n) is 17.3. The van der Waals surface area contributed by atoms with Gasteiger partial charge >= 0.3 is 5.97 Å². The number of carboxylic acid groups (broad SMARTS) is 1. The van der Waals surface area contributed by atoms with Gasteiger partial charge in [0, 0.05) is 6.42 Å². The summed E-state index contributed by atoms with van der Waals surface area (Å²) in [6.45, 7) is 3.72. The lowest BCUT2D eigenvalue weighted by Crippen LogP contribution is -2.57. The molecular formula is C21H30N4O5. The lowest BCUT2D eigenvalue weighted by molar-refractivity contribution is -0.139. The van der Waals surface area contributed by atoms with E-state index in [-0.39, 0.29) is 24.3 Å². The van der Waals surface area contributed by atoms with E-state index in [4.69, 9.17) is 5.11 Å². The molecule has 1 aliphatic heterocycles. The molecule has 3 unspecified atom stereocenters. The van der Waals surface area contributed by atoms with E-state index in [2.05, 4.69) is 21.3 Å². The van der Waals surface area contributed by atoms with E-state index < -0.39 is 36.4 Å². The summed E-state index contributed by atoms with van der Waals surface area (Å²) in [5.74, 6) is -2.76. The van der Waals surface area contributed by atoms with Crippen LogP contribution in [0.2, 0.25) is 0 Å². The highest BCUT2D eigenvalue weighted by molar-refractivity contribution is 5.94. The summed E-state index contributed by atoms with van der Waals surface area (Å²) in [6, 6.07) is 7.16. The fraction of sp³-hybridized carbons (Fsp3) is 0.524. The molecule has 2 rings (SSSR count). The topological polar surface area (TPSA) is 137 Å². The number of amides is 3. The molecule has 0 saturated carbocycles. The van der Waals surface area contributed by atoms with Crippen LogP contribution < -0.4 is 21.3 Å². The average Bonchev–Trinajstić information content (AvgIpc) is 3.25. The Labute approximate surface area is 176 Å². The quantitative estimate of drug-likeness (QED) is 0.357. The van der Waals surface area contributed by atoms with Crippen molar-refractivity contribution in [2.75, 3.05) is 13.1 Å². The van der Waals surface area contributed by atoms with Crippen molar-refractivity contribution in [1.29, 1.82) is 0 Å². The van der Waals surface area contributed by atoms with E-state index in [1.807, 2.05) is 30.3 Å². The van der Waals surface area contributed by atoms with Crippen LogP contribution in [0.3, 0.4) is 0 Å². The van der Waals surface area contributed by atoms with Crippen LogP contribution in [0.25, 0.3) is 0 Å². The van der Waals surface area contributed by atoms with E-state index in [0.29, 0.717) is 6.42 Å². The Morgan fingerprint density at radius 1 is 1.10 bits per heavy atom. The van der Waals surface area contributed by atoms with Crippen LogP contribution in [-0.2, 0) is 25.6 Å². The van der Waals surface area contributed by atoms with Crippen LogP contribution in [0.5, 0.6) is 0 Å². The number of rotatable bonds is 10. The first kappa shape index (κ1) is 23.3. The number of hydrogen-bond acceptors (Lipinski definition) is 5. The Kier molecular flexibility index (Phi) is 8.79.